The monoisotopic (exact) mass is 317 g/mol. The van der Waals surface area contributed by atoms with E-state index in [2.05, 4.69) is 21.2 Å². The number of hydrogen-bond donors (Lipinski definition) is 1. The average Bonchev–Trinajstić information content (AvgIpc) is 2.21. The third-order valence-electron chi connectivity index (χ3n) is 2.14. The molecule has 1 rings (SSSR count). The summed E-state index contributed by atoms with van der Waals surface area (Å²) in [6, 6.07) is 2.00. The van der Waals surface area contributed by atoms with Crippen LogP contribution in [-0.4, -0.2) is 11.8 Å². The van der Waals surface area contributed by atoms with E-state index in [9.17, 15) is 13.6 Å². The van der Waals surface area contributed by atoms with E-state index in [4.69, 9.17) is 0 Å². The van der Waals surface area contributed by atoms with E-state index in [0.29, 0.717) is 5.70 Å². The summed E-state index contributed by atoms with van der Waals surface area (Å²) in [4.78, 5) is 11.8. The van der Waals surface area contributed by atoms with Gasteiger partial charge >= 0.3 is 0 Å². The molecule has 0 fully saturated rings. The van der Waals surface area contributed by atoms with Crippen molar-refractivity contribution in [1.29, 1.82) is 0 Å². The summed E-state index contributed by atoms with van der Waals surface area (Å²) in [5.41, 5.74) is 0.332. The summed E-state index contributed by atoms with van der Waals surface area (Å²) in [7, 11) is 0. The Morgan fingerprint density at radius 2 is 1.94 bits per heavy atom. The van der Waals surface area contributed by atoms with Crippen molar-refractivity contribution >= 4 is 21.7 Å². The van der Waals surface area contributed by atoms with Crippen LogP contribution in [0.3, 0.4) is 0 Å². The topological polar surface area (TPSA) is 29.1 Å². The third kappa shape index (κ3) is 3.91. The zero-order valence-corrected chi connectivity index (χ0v) is 11.9. The van der Waals surface area contributed by atoms with Crippen LogP contribution < -0.4 is 5.32 Å². The molecule has 1 aromatic rings. The van der Waals surface area contributed by atoms with Crippen molar-refractivity contribution in [3.63, 3.8) is 0 Å². The molecule has 0 bridgehead atoms. The predicted molar refractivity (Wildman–Crippen MR) is 70.4 cm³/mol. The summed E-state index contributed by atoms with van der Waals surface area (Å²) < 4.78 is 26.8. The minimum Gasteiger partial charge on any atom is -0.386 e. The molecule has 5 heteroatoms. The Bertz CT molecular complexity index is 498. The quantitative estimate of drug-likeness (QED) is 0.520. The zero-order chi connectivity index (χ0) is 13.9. The van der Waals surface area contributed by atoms with Crippen LogP contribution in [0, 0.1) is 11.6 Å². The molecule has 0 aliphatic carbocycles. The highest BCUT2D eigenvalue weighted by Crippen LogP contribution is 2.20. The summed E-state index contributed by atoms with van der Waals surface area (Å²) in [6.07, 6.45) is 1.26. The number of carbonyl (C=O) groups is 1. The smallest absolute Gasteiger partial charge is 0.190 e. The van der Waals surface area contributed by atoms with Gasteiger partial charge in [0.1, 0.15) is 11.6 Å². The first-order chi connectivity index (χ1) is 8.31. The van der Waals surface area contributed by atoms with Crippen molar-refractivity contribution in [2.45, 2.75) is 26.8 Å². The van der Waals surface area contributed by atoms with Crippen LogP contribution in [0.25, 0.3) is 0 Å². The van der Waals surface area contributed by atoms with Crippen LogP contribution in [0.4, 0.5) is 8.78 Å². The minimum absolute atomic E-state index is 0.00226. The van der Waals surface area contributed by atoms with Gasteiger partial charge < -0.3 is 5.32 Å². The lowest BCUT2D eigenvalue weighted by atomic mass is 10.1. The number of allylic oxidation sites excluding steroid dienone is 2. The van der Waals surface area contributed by atoms with Gasteiger partial charge in [0.05, 0.1) is 10.0 Å². The van der Waals surface area contributed by atoms with Crippen molar-refractivity contribution in [1.82, 2.24) is 5.32 Å². The minimum atomic E-state index is -0.748. The highest BCUT2D eigenvalue weighted by molar-refractivity contribution is 9.10. The van der Waals surface area contributed by atoms with Gasteiger partial charge in [0, 0.05) is 17.8 Å². The molecule has 18 heavy (non-hydrogen) atoms. The van der Waals surface area contributed by atoms with Crippen molar-refractivity contribution in [3.8, 4) is 0 Å². The average molecular weight is 318 g/mol. The number of hydrogen-bond acceptors (Lipinski definition) is 2. The molecule has 0 radical (unpaired) electrons. The summed E-state index contributed by atoms with van der Waals surface area (Å²) >= 11 is 2.86. The van der Waals surface area contributed by atoms with Crippen LogP contribution in [0.2, 0.25) is 0 Å². The van der Waals surface area contributed by atoms with E-state index in [-0.39, 0.29) is 16.1 Å². The van der Waals surface area contributed by atoms with Crippen LogP contribution in [0.5, 0.6) is 0 Å². The Balaban J connectivity index is 3.01. The molecule has 98 valence electrons. The fraction of sp³-hybridized carbons (Fsp3) is 0.308. The largest absolute Gasteiger partial charge is 0.386 e. The van der Waals surface area contributed by atoms with Gasteiger partial charge in [-0.1, -0.05) is 0 Å². The molecule has 0 aliphatic rings. The molecule has 0 unspecified atom stereocenters. The molecule has 0 heterocycles. The molecule has 1 N–H and O–H groups in total. The highest BCUT2D eigenvalue weighted by atomic mass is 79.9. The second-order valence-electron chi connectivity index (χ2n) is 4.24. The van der Waals surface area contributed by atoms with Gasteiger partial charge in [-0.05, 0) is 48.8 Å². The first kappa shape index (κ1) is 14.8. The SMILES string of the molecule is C/C(=C\C(=O)c1cc(F)c(Br)cc1F)NC(C)C. The van der Waals surface area contributed by atoms with E-state index in [1.54, 1.807) is 6.92 Å². The molecular weight excluding hydrogens is 304 g/mol. The second-order valence-corrected chi connectivity index (χ2v) is 5.09. The predicted octanol–water partition coefficient (Wildman–Crippen LogP) is 3.81. The molecule has 0 aromatic heterocycles. The number of ketones is 1. The normalized spacial score (nSPS) is 11.8. The maximum Gasteiger partial charge on any atom is 0.190 e. The molecule has 0 saturated heterocycles. The number of halogens is 3. The van der Waals surface area contributed by atoms with Crippen molar-refractivity contribution in [2.75, 3.05) is 0 Å². The highest BCUT2D eigenvalue weighted by Gasteiger charge is 2.13. The van der Waals surface area contributed by atoms with E-state index in [1.165, 1.54) is 6.08 Å². The Labute approximate surface area is 113 Å². The van der Waals surface area contributed by atoms with Gasteiger partial charge in [-0.3, -0.25) is 4.79 Å². The van der Waals surface area contributed by atoms with Gasteiger partial charge in [0.25, 0.3) is 0 Å². The maximum atomic E-state index is 13.5. The van der Waals surface area contributed by atoms with Gasteiger partial charge in [0.2, 0.25) is 0 Å². The van der Waals surface area contributed by atoms with Gasteiger partial charge in [-0.15, -0.1) is 0 Å². The van der Waals surface area contributed by atoms with Gasteiger partial charge in [-0.25, -0.2) is 8.78 Å². The Hall–Kier alpha value is -1.23. The molecule has 0 saturated carbocycles. The number of rotatable bonds is 4. The lowest BCUT2D eigenvalue weighted by Gasteiger charge is -2.09. The molecule has 0 aliphatic heterocycles. The standard InChI is InChI=1S/C13H14BrF2NO/c1-7(2)17-8(3)4-13(18)9-5-12(16)10(14)6-11(9)15/h4-7,17H,1-3H3/b8-4+. The second kappa shape index (κ2) is 6.09. The van der Waals surface area contributed by atoms with E-state index < -0.39 is 17.4 Å². The summed E-state index contributed by atoms with van der Waals surface area (Å²) in [5.74, 6) is -1.98. The molecule has 2 nitrogen and oxygen atoms in total. The van der Waals surface area contributed by atoms with E-state index >= 15 is 0 Å². The molecule has 1 aromatic carbocycles. The molecular formula is C13H14BrF2NO. The summed E-state index contributed by atoms with van der Waals surface area (Å²) in [6.45, 7) is 5.54. The van der Waals surface area contributed by atoms with Crippen LogP contribution >= 0.6 is 15.9 Å². The molecule has 0 amide bonds. The van der Waals surface area contributed by atoms with Crippen LogP contribution in [0.1, 0.15) is 31.1 Å². The number of benzene rings is 1. The number of carbonyl (C=O) groups excluding carboxylic acids is 1. The van der Waals surface area contributed by atoms with Crippen molar-refractivity contribution in [3.05, 3.63) is 45.6 Å². The third-order valence-corrected chi connectivity index (χ3v) is 2.75. The Kier molecular flexibility index (Phi) is 5.02. The summed E-state index contributed by atoms with van der Waals surface area (Å²) in [5, 5.41) is 3.00. The fourth-order valence-corrected chi connectivity index (χ4v) is 1.80. The van der Waals surface area contributed by atoms with Crippen molar-refractivity contribution in [2.24, 2.45) is 0 Å². The Morgan fingerprint density at radius 1 is 1.33 bits per heavy atom. The maximum absolute atomic E-state index is 13.5. The molecule has 0 atom stereocenters. The van der Waals surface area contributed by atoms with Crippen molar-refractivity contribution < 1.29 is 13.6 Å². The zero-order valence-electron chi connectivity index (χ0n) is 10.4. The fourth-order valence-electron chi connectivity index (χ4n) is 1.48. The van der Waals surface area contributed by atoms with E-state index in [1.807, 2.05) is 13.8 Å². The molecule has 0 spiro atoms. The lowest BCUT2D eigenvalue weighted by molar-refractivity contribution is 0.104. The first-order valence-corrected chi connectivity index (χ1v) is 6.24. The number of nitrogens with one attached hydrogen (secondary N) is 1. The van der Waals surface area contributed by atoms with E-state index in [0.717, 1.165) is 12.1 Å². The lowest BCUT2D eigenvalue weighted by Crippen LogP contribution is -2.21. The Morgan fingerprint density at radius 3 is 2.50 bits per heavy atom. The van der Waals surface area contributed by atoms with Gasteiger partial charge in [-0.2, -0.15) is 0 Å². The van der Waals surface area contributed by atoms with Crippen LogP contribution in [-0.2, 0) is 0 Å². The van der Waals surface area contributed by atoms with Gasteiger partial charge in [0.15, 0.2) is 5.78 Å². The first-order valence-electron chi connectivity index (χ1n) is 5.45. The van der Waals surface area contributed by atoms with Crippen LogP contribution in [0.15, 0.2) is 28.4 Å².